The Labute approximate surface area is 187 Å². The molecule has 2 atom stereocenters. The van der Waals surface area contributed by atoms with Crippen LogP contribution < -0.4 is 10.6 Å². The Kier molecular flexibility index (Phi) is 16.5. The first-order chi connectivity index (χ1) is 13.1. The van der Waals surface area contributed by atoms with Crippen LogP contribution in [0, 0.1) is 5.92 Å². The molecule has 162 valence electrons. The van der Waals surface area contributed by atoms with Crippen molar-refractivity contribution >= 4 is 29.9 Å². The Morgan fingerprint density at radius 3 is 2.46 bits per heavy atom. The molecule has 0 saturated carbocycles. The van der Waals surface area contributed by atoms with E-state index in [0.29, 0.717) is 25.0 Å². The van der Waals surface area contributed by atoms with Crippen molar-refractivity contribution in [1.29, 1.82) is 0 Å². The minimum atomic E-state index is -0.629. The lowest BCUT2D eigenvalue weighted by Gasteiger charge is -2.21. The maximum atomic E-state index is 10.1. The molecule has 1 aromatic rings. The third kappa shape index (κ3) is 12.5. The lowest BCUT2D eigenvalue weighted by Crippen LogP contribution is -2.40. The Morgan fingerprint density at radius 2 is 1.86 bits per heavy atom. The standard InChI is InChI=1S/C21H37N3O3.HI/c1-5-22-21(23-13-12-20(17(3)4)27-6-2)24-14-19(25)16-26-15-18-10-8-7-9-11-18;/h7-11,17,19-20,25H,5-6,12-16H2,1-4H3,(H2,22,23,24);1H. The lowest BCUT2D eigenvalue weighted by molar-refractivity contribution is 0.0257. The van der Waals surface area contributed by atoms with Crippen LogP contribution in [0.3, 0.4) is 0 Å². The van der Waals surface area contributed by atoms with E-state index in [1.165, 1.54) is 0 Å². The van der Waals surface area contributed by atoms with E-state index >= 15 is 0 Å². The predicted octanol–water partition coefficient (Wildman–Crippen LogP) is 3.19. The van der Waals surface area contributed by atoms with Crippen LogP contribution in [0.1, 0.15) is 39.7 Å². The van der Waals surface area contributed by atoms with E-state index in [4.69, 9.17) is 9.47 Å². The summed E-state index contributed by atoms with van der Waals surface area (Å²) in [6, 6.07) is 9.93. The first kappa shape index (κ1) is 27.1. The second-order valence-corrected chi connectivity index (χ2v) is 6.83. The summed E-state index contributed by atoms with van der Waals surface area (Å²) in [6.07, 6.45) is 0.525. The van der Waals surface area contributed by atoms with E-state index in [9.17, 15) is 5.11 Å². The van der Waals surface area contributed by atoms with Gasteiger partial charge >= 0.3 is 0 Å². The highest BCUT2D eigenvalue weighted by atomic mass is 127. The van der Waals surface area contributed by atoms with Gasteiger partial charge in [-0.1, -0.05) is 44.2 Å². The zero-order valence-electron chi connectivity index (χ0n) is 17.7. The van der Waals surface area contributed by atoms with Crippen LogP contribution in [-0.2, 0) is 16.1 Å². The molecule has 0 bridgehead atoms. The van der Waals surface area contributed by atoms with Gasteiger partial charge in [0.2, 0.25) is 0 Å². The number of nitrogens with zero attached hydrogens (tertiary/aromatic N) is 1. The monoisotopic (exact) mass is 507 g/mol. The molecule has 2 unspecified atom stereocenters. The molecule has 0 fully saturated rings. The zero-order valence-corrected chi connectivity index (χ0v) is 20.0. The summed E-state index contributed by atoms with van der Waals surface area (Å²) in [5.41, 5.74) is 1.09. The number of aliphatic hydroxyl groups is 1. The first-order valence-corrected chi connectivity index (χ1v) is 10.00. The fourth-order valence-electron chi connectivity index (χ4n) is 2.63. The van der Waals surface area contributed by atoms with Crippen molar-refractivity contribution in [2.24, 2.45) is 10.9 Å². The van der Waals surface area contributed by atoms with Gasteiger partial charge in [-0.15, -0.1) is 24.0 Å². The third-order valence-corrected chi connectivity index (χ3v) is 4.07. The van der Waals surface area contributed by atoms with Crippen molar-refractivity contribution in [1.82, 2.24) is 10.6 Å². The molecular weight excluding hydrogens is 469 g/mol. The van der Waals surface area contributed by atoms with Crippen LogP contribution in [-0.4, -0.2) is 56.1 Å². The summed E-state index contributed by atoms with van der Waals surface area (Å²) in [5, 5.41) is 16.6. The second-order valence-electron chi connectivity index (χ2n) is 6.83. The van der Waals surface area contributed by atoms with Gasteiger partial charge in [0.05, 0.1) is 32.0 Å². The van der Waals surface area contributed by atoms with Crippen molar-refractivity contribution in [2.45, 2.75) is 52.9 Å². The van der Waals surface area contributed by atoms with Gasteiger partial charge in [0, 0.05) is 19.7 Å². The largest absolute Gasteiger partial charge is 0.389 e. The molecule has 0 saturated heterocycles. The summed E-state index contributed by atoms with van der Waals surface area (Å²) >= 11 is 0. The van der Waals surface area contributed by atoms with E-state index in [0.717, 1.165) is 31.7 Å². The molecule has 7 heteroatoms. The van der Waals surface area contributed by atoms with Crippen LogP contribution in [0.25, 0.3) is 0 Å². The van der Waals surface area contributed by atoms with Crippen LogP contribution in [0.5, 0.6) is 0 Å². The normalized spacial score (nSPS) is 13.7. The summed E-state index contributed by atoms with van der Waals surface area (Å²) in [5.74, 6) is 1.19. The van der Waals surface area contributed by atoms with Gasteiger partial charge in [0.1, 0.15) is 0 Å². The molecule has 0 aromatic heterocycles. The number of rotatable bonds is 13. The van der Waals surface area contributed by atoms with Crippen LogP contribution in [0.15, 0.2) is 35.3 Å². The fourth-order valence-corrected chi connectivity index (χ4v) is 2.63. The van der Waals surface area contributed by atoms with Gasteiger partial charge in [-0.2, -0.15) is 0 Å². The average Bonchev–Trinajstić information content (AvgIpc) is 2.66. The van der Waals surface area contributed by atoms with Gasteiger partial charge in [0.25, 0.3) is 0 Å². The van der Waals surface area contributed by atoms with E-state index in [1.807, 2.05) is 44.2 Å². The molecule has 0 aliphatic rings. The third-order valence-electron chi connectivity index (χ3n) is 4.07. The molecule has 3 N–H and O–H groups in total. The first-order valence-electron chi connectivity index (χ1n) is 10.00. The molecule has 0 radical (unpaired) electrons. The molecule has 1 aromatic carbocycles. The van der Waals surface area contributed by atoms with E-state index < -0.39 is 6.10 Å². The number of hydrogen-bond acceptors (Lipinski definition) is 4. The predicted molar refractivity (Wildman–Crippen MR) is 126 cm³/mol. The number of benzene rings is 1. The zero-order chi connectivity index (χ0) is 19.9. The van der Waals surface area contributed by atoms with Crippen LogP contribution in [0.4, 0.5) is 0 Å². The highest BCUT2D eigenvalue weighted by molar-refractivity contribution is 14.0. The molecule has 28 heavy (non-hydrogen) atoms. The van der Waals surface area contributed by atoms with Crippen molar-refractivity contribution in [3.63, 3.8) is 0 Å². The average molecular weight is 507 g/mol. The van der Waals surface area contributed by atoms with Gasteiger partial charge < -0.3 is 25.2 Å². The molecule has 1 rings (SSSR count). The lowest BCUT2D eigenvalue weighted by atomic mass is 10.0. The molecule has 0 spiro atoms. The number of guanidine groups is 1. The topological polar surface area (TPSA) is 75.1 Å². The Morgan fingerprint density at radius 1 is 1.14 bits per heavy atom. The van der Waals surface area contributed by atoms with Gasteiger partial charge in [0.15, 0.2) is 5.96 Å². The SMILES string of the molecule is CCNC(=NCC(O)COCc1ccccc1)NCCC(OCC)C(C)C.I. The van der Waals surface area contributed by atoms with Crippen LogP contribution in [0.2, 0.25) is 0 Å². The highest BCUT2D eigenvalue weighted by Crippen LogP contribution is 2.09. The molecule has 0 amide bonds. The smallest absolute Gasteiger partial charge is 0.191 e. The Balaban J connectivity index is 0.00000729. The molecule has 0 aliphatic carbocycles. The maximum Gasteiger partial charge on any atom is 0.191 e. The number of hydrogen-bond donors (Lipinski definition) is 3. The number of halogens is 1. The van der Waals surface area contributed by atoms with Crippen molar-refractivity contribution in [3.8, 4) is 0 Å². The fraction of sp³-hybridized carbons (Fsp3) is 0.667. The summed E-state index contributed by atoms with van der Waals surface area (Å²) in [6.45, 7) is 11.7. The van der Waals surface area contributed by atoms with Gasteiger partial charge in [-0.05, 0) is 31.7 Å². The number of nitrogens with one attached hydrogen (secondary N) is 2. The molecular formula is C21H38IN3O3. The maximum absolute atomic E-state index is 10.1. The molecule has 6 nitrogen and oxygen atoms in total. The van der Waals surface area contributed by atoms with Crippen molar-refractivity contribution in [2.75, 3.05) is 32.8 Å². The van der Waals surface area contributed by atoms with Gasteiger partial charge in [-0.3, -0.25) is 4.99 Å². The quantitative estimate of drug-likeness (QED) is 0.217. The van der Waals surface area contributed by atoms with E-state index in [2.05, 4.69) is 29.5 Å². The molecule has 0 heterocycles. The molecule has 0 aliphatic heterocycles. The van der Waals surface area contributed by atoms with Crippen molar-refractivity contribution < 1.29 is 14.6 Å². The minimum absolute atomic E-state index is 0. The van der Waals surface area contributed by atoms with Gasteiger partial charge in [-0.25, -0.2) is 0 Å². The Hall–Kier alpha value is -0.900. The summed E-state index contributed by atoms with van der Waals surface area (Å²) in [4.78, 5) is 4.45. The number of aliphatic imine (C=N–C) groups is 1. The number of aliphatic hydroxyl groups excluding tert-OH is 1. The van der Waals surface area contributed by atoms with E-state index in [-0.39, 0.29) is 36.7 Å². The Bertz CT molecular complexity index is 515. The number of ether oxygens (including phenoxy) is 2. The van der Waals surface area contributed by atoms with Crippen molar-refractivity contribution in [3.05, 3.63) is 35.9 Å². The summed E-state index contributed by atoms with van der Waals surface area (Å²) in [7, 11) is 0. The second kappa shape index (κ2) is 17.0. The minimum Gasteiger partial charge on any atom is -0.389 e. The summed E-state index contributed by atoms with van der Waals surface area (Å²) < 4.78 is 11.3. The highest BCUT2D eigenvalue weighted by Gasteiger charge is 2.13. The van der Waals surface area contributed by atoms with Crippen LogP contribution >= 0.6 is 24.0 Å². The van der Waals surface area contributed by atoms with E-state index in [1.54, 1.807) is 0 Å².